The molecule has 7 heavy (non-hydrogen) atoms. The van der Waals surface area contributed by atoms with Crippen LogP contribution in [0, 0.1) is 0 Å². The summed E-state index contributed by atoms with van der Waals surface area (Å²) in [5.41, 5.74) is 0. The highest BCUT2D eigenvalue weighted by atomic mass is 16.9. The molecule has 2 atom stereocenters. The molecule has 0 spiro atoms. The number of fused-ring (bicyclic) bond motifs is 1. The third kappa shape index (κ3) is 0.273. The molecule has 2 rings (SSSR count). The Morgan fingerprint density at radius 3 is 2.71 bits per heavy atom. The Morgan fingerprint density at radius 2 is 2.57 bits per heavy atom. The zero-order chi connectivity index (χ0) is 4.91. The van der Waals surface area contributed by atoms with E-state index in [0.29, 0.717) is 0 Å². The van der Waals surface area contributed by atoms with Crippen LogP contribution in [-0.2, 0) is 9.47 Å². The van der Waals surface area contributed by atoms with Crippen molar-refractivity contribution in [3.63, 3.8) is 0 Å². The molecule has 2 heterocycles. The fourth-order valence-corrected chi connectivity index (χ4v) is 0.612. The van der Waals surface area contributed by atoms with Crippen LogP contribution in [-0.4, -0.2) is 17.2 Å². The van der Waals surface area contributed by atoms with Gasteiger partial charge in [-0.3, -0.25) is 4.74 Å². The molecular weight excluding hydrogens is 96.0 g/mol. The SMILES string of the molecule is OC12OC=CC1O2. The third-order valence-corrected chi connectivity index (χ3v) is 1.09. The number of aliphatic hydroxyl groups is 1. The first kappa shape index (κ1) is 3.46. The molecule has 0 saturated carbocycles. The standard InChI is InChI=1S/C4H4O3/c5-4-3(7-4)1-2-6-4/h1-3,5H. The molecule has 1 fully saturated rings. The Balaban J connectivity index is 2.28. The average Bonchev–Trinajstić information content (AvgIpc) is 2.09. The molecule has 2 unspecified atom stereocenters. The summed E-state index contributed by atoms with van der Waals surface area (Å²) in [4.78, 5) is 0. The van der Waals surface area contributed by atoms with E-state index in [-0.39, 0.29) is 6.10 Å². The van der Waals surface area contributed by atoms with Crippen LogP contribution in [0.3, 0.4) is 0 Å². The van der Waals surface area contributed by atoms with Crippen LogP contribution in [0.25, 0.3) is 0 Å². The number of rotatable bonds is 0. The van der Waals surface area contributed by atoms with Crippen molar-refractivity contribution < 1.29 is 14.6 Å². The Hall–Kier alpha value is -0.540. The topological polar surface area (TPSA) is 42.0 Å². The van der Waals surface area contributed by atoms with Gasteiger partial charge in [-0.25, -0.2) is 0 Å². The maximum absolute atomic E-state index is 8.76. The van der Waals surface area contributed by atoms with Crippen molar-refractivity contribution in [1.82, 2.24) is 0 Å². The van der Waals surface area contributed by atoms with E-state index in [1.54, 1.807) is 6.08 Å². The van der Waals surface area contributed by atoms with Crippen LogP contribution in [0.2, 0.25) is 0 Å². The second-order valence-corrected chi connectivity index (χ2v) is 1.62. The van der Waals surface area contributed by atoms with Gasteiger partial charge in [-0.2, -0.15) is 0 Å². The Kier molecular flexibility index (Phi) is 0.346. The van der Waals surface area contributed by atoms with Crippen molar-refractivity contribution in [2.75, 3.05) is 0 Å². The molecule has 1 saturated heterocycles. The highest BCUT2D eigenvalue weighted by Crippen LogP contribution is 2.40. The fraction of sp³-hybridized carbons (Fsp3) is 0.500. The minimum atomic E-state index is -1.25. The van der Waals surface area contributed by atoms with E-state index in [2.05, 4.69) is 9.47 Å². The van der Waals surface area contributed by atoms with Crippen LogP contribution < -0.4 is 0 Å². The first-order chi connectivity index (χ1) is 3.31. The molecule has 3 nitrogen and oxygen atoms in total. The van der Waals surface area contributed by atoms with Gasteiger partial charge in [0.05, 0.1) is 6.26 Å². The zero-order valence-electron chi connectivity index (χ0n) is 3.50. The summed E-state index contributed by atoms with van der Waals surface area (Å²) in [5, 5.41) is 8.76. The minimum Gasteiger partial charge on any atom is -0.445 e. The molecule has 0 aromatic rings. The molecule has 38 valence electrons. The molecule has 0 aromatic heterocycles. The van der Waals surface area contributed by atoms with Crippen LogP contribution in [0.5, 0.6) is 0 Å². The van der Waals surface area contributed by atoms with Crippen molar-refractivity contribution in [2.45, 2.75) is 12.1 Å². The van der Waals surface area contributed by atoms with Gasteiger partial charge in [0.1, 0.15) is 0 Å². The number of hydrogen-bond donors (Lipinski definition) is 1. The first-order valence-electron chi connectivity index (χ1n) is 2.06. The third-order valence-electron chi connectivity index (χ3n) is 1.09. The van der Waals surface area contributed by atoms with Gasteiger partial charge in [-0.15, -0.1) is 0 Å². The van der Waals surface area contributed by atoms with Gasteiger partial charge in [-0.1, -0.05) is 0 Å². The number of hydrogen-bond acceptors (Lipinski definition) is 3. The van der Waals surface area contributed by atoms with Crippen molar-refractivity contribution in [2.24, 2.45) is 0 Å². The van der Waals surface area contributed by atoms with Crippen LogP contribution in [0.4, 0.5) is 0 Å². The molecule has 2 aliphatic heterocycles. The largest absolute Gasteiger partial charge is 0.445 e. The van der Waals surface area contributed by atoms with E-state index < -0.39 is 5.97 Å². The monoisotopic (exact) mass is 100 g/mol. The maximum Gasteiger partial charge on any atom is 0.357 e. The average molecular weight is 100 g/mol. The lowest BCUT2D eigenvalue weighted by atomic mass is 10.4. The fourth-order valence-electron chi connectivity index (χ4n) is 0.612. The molecule has 0 amide bonds. The van der Waals surface area contributed by atoms with Crippen molar-refractivity contribution in [3.8, 4) is 0 Å². The van der Waals surface area contributed by atoms with Crippen LogP contribution in [0.1, 0.15) is 0 Å². The van der Waals surface area contributed by atoms with Gasteiger partial charge in [0.15, 0.2) is 6.10 Å². The van der Waals surface area contributed by atoms with Gasteiger partial charge in [0.2, 0.25) is 0 Å². The van der Waals surface area contributed by atoms with Gasteiger partial charge in [0, 0.05) is 0 Å². The summed E-state index contributed by atoms with van der Waals surface area (Å²) in [5.74, 6) is -1.25. The molecule has 1 N–H and O–H groups in total. The zero-order valence-corrected chi connectivity index (χ0v) is 3.50. The minimum absolute atomic E-state index is 0.188. The van der Waals surface area contributed by atoms with E-state index in [1.165, 1.54) is 6.26 Å². The van der Waals surface area contributed by atoms with Crippen molar-refractivity contribution in [1.29, 1.82) is 0 Å². The lowest BCUT2D eigenvalue weighted by Gasteiger charge is -1.95. The molecule has 0 aliphatic carbocycles. The molecule has 3 heteroatoms. The Labute approximate surface area is 40.2 Å². The summed E-state index contributed by atoms with van der Waals surface area (Å²) >= 11 is 0. The number of ether oxygens (including phenoxy) is 2. The van der Waals surface area contributed by atoms with E-state index in [9.17, 15) is 0 Å². The van der Waals surface area contributed by atoms with Crippen molar-refractivity contribution in [3.05, 3.63) is 12.3 Å². The highest BCUT2D eigenvalue weighted by Gasteiger charge is 2.60. The summed E-state index contributed by atoms with van der Waals surface area (Å²) in [6, 6.07) is 0. The van der Waals surface area contributed by atoms with E-state index >= 15 is 0 Å². The van der Waals surface area contributed by atoms with Crippen LogP contribution in [0.15, 0.2) is 12.3 Å². The lowest BCUT2D eigenvalue weighted by molar-refractivity contribution is -0.153. The molecule has 2 aliphatic rings. The molecule has 0 bridgehead atoms. The normalized spacial score (nSPS) is 53.6. The lowest BCUT2D eigenvalue weighted by Crippen LogP contribution is -2.09. The summed E-state index contributed by atoms with van der Waals surface area (Å²) in [6.07, 6.45) is 2.92. The molecule has 0 radical (unpaired) electrons. The molecular formula is C4H4O3. The Morgan fingerprint density at radius 1 is 1.71 bits per heavy atom. The van der Waals surface area contributed by atoms with Gasteiger partial charge in [-0.05, 0) is 6.08 Å². The quantitative estimate of drug-likeness (QED) is 0.420. The van der Waals surface area contributed by atoms with E-state index in [4.69, 9.17) is 5.11 Å². The predicted octanol–water partition coefficient (Wildman–Crippen LogP) is -0.425. The second-order valence-electron chi connectivity index (χ2n) is 1.62. The summed E-state index contributed by atoms with van der Waals surface area (Å²) in [7, 11) is 0. The van der Waals surface area contributed by atoms with Crippen molar-refractivity contribution >= 4 is 0 Å². The molecule has 0 aromatic carbocycles. The highest BCUT2D eigenvalue weighted by molar-refractivity contribution is 5.07. The summed E-state index contributed by atoms with van der Waals surface area (Å²) < 4.78 is 9.15. The smallest absolute Gasteiger partial charge is 0.357 e. The summed E-state index contributed by atoms with van der Waals surface area (Å²) in [6.45, 7) is 0. The maximum atomic E-state index is 8.76. The van der Waals surface area contributed by atoms with Gasteiger partial charge in [0.25, 0.3) is 0 Å². The first-order valence-corrected chi connectivity index (χ1v) is 2.06. The van der Waals surface area contributed by atoms with E-state index in [0.717, 1.165) is 0 Å². The van der Waals surface area contributed by atoms with Gasteiger partial charge < -0.3 is 9.84 Å². The number of epoxide rings is 1. The van der Waals surface area contributed by atoms with Gasteiger partial charge >= 0.3 is 5.97 Å². The Bertz CT molecular complexity index is 131. The van der Waals surface area contributed by atoms with E-state index in [1.807, 2.05) is 0 Å². The van der Waals surface area contributed by atoms with Crippen LogP contribution >= 0.6 is 0 Å². The predicted molar refractivity (Wildman–Crippen MR) is 20.0 cm³/mol. The second kappa shape index (κ2) is 0.700.